The highest BCUT2D eigenvalue weighted by molar-refractivity contribution is 7.93. The highest BCUT2D eigenvalue weighted by atomic mass is 32.2. The van der Waals surface area contributed by atoms with Crippen molar-refractivity contribution in [3.8, 4) is 0 Å². The predicted octanol–water partition coefficient (Wildman–Crippen LogP) is 8.46. The summed E-state index contributed by atoms with van der Waals surface area (Å²) in [5, 5.41) is 0. The van der Waals surface area contributed by atoms with Gasteiger partial charge in [-0.25, -0.2) is 0 Å². The van der Waals surface area contributed by atoms with Gasteiger partial charge in [0.2, 0.25) is 0 Å². The summed E-state index contributed by atoms with van der Waals surface area (Å²) in [7, 11) is 0. The zero-order chi connectivity index (χ0) is 16.7. The van der Waals surface area contributed by atoms with Crippen molar-refractivity contribution in [2.75, 3.05) is 0 Å². The number of thiophene rings is 2. The van der Waals surface area contributed by atoms with Crippen LogP contribution in [-0.2, 0) is 0 Å². The third-order valence-electron chi connectivity index (χ3n) is 3.25. The molecular weight excluding hydrogens is 437 g/mol. The van der Waals surface area contributed by atoms with Gasteiger partial charge < -0.3 is 0 Å². The van der Waals surface area contributed by atoms with E-state index < -0.39 is 0 Å². The normalized spacial score (nSPS) is 10.8. The van der Waals surface area contributed by atoms with Gasteiger partial charge in [-0.3, -0.25) is 0 Å². The van der Waals surface area contributed by atoms with Crippen molar-refractivity contribution in [1.29, 1.82) is 0 Å². The van der Waals surface area contributed by atoms with Gasteiger partial charge in [0.1, 0.15) is 7.69 Å². The van der Waals surface area contributed by atoms with Crippen LogP contribution in [0.2, 0.25) is 0 Å². The molecule has 0 saturated carbocycles. The standard InChI is InChI=1S/C14H12S6.CS2/c1-5-9-10(6(2)15-5)18-14-13(17-9)19-11-7(3)16-8(4)12(11)20-14;2-1-3/h1-4H3;. The molecule has 2 aromatic rings. The molecule has 0 bridgehead atoms. The average molecular weight is 449 g/mol. The van der Waals surface area contributed by atoms with Gasteiger partial charge >= 0.3 is 0 Å². The van der Waals surface area contributed by atoms with Gasteiger partial charge in [-0.1, -0.05) is 0 Å². The highest BCUT2D eigenvalue weighted by Gasteiger charge is 2.11. The number of hydrogen-bond donors (Lipinski definition) is 0. The summed E-state index contributed by atoms with van der Waals surface area (Å²) >= 11 is 19.7. The van der Waals surface area contributed by atoms with E-state index in [0.29, 0.717) is 0 Å². The first-order valence-corrected chi connectivity index (χ1v) is 12.3. The molecule has 2 aliphatic rings. The summed E-state index contributed by atoms with van der Waals surface area (Å²) in [6.45, 7) is 9.01. The van der Waals surface area contributed by atoms with Crippen LogP contribution < -0.4 is 0 Å². The van der Waals surface area contributed by atoms with Crippen molar-refractivity contribution in [2.45, 2.75) is 27.7 Å². The summed E-state index contributed by atoms with van der Waals surface area (Å²) < 4.78 is 10.9. The van der Waals surface area contributed by atoms with E-state index in [4.69, 9.17) is 0 Å². The molecule has 0 saturated heterocycles. The molecule has 0 nitrogen and oxygen atoms in total. The second-order valence-electron chi connectivity index (χ2n) is 4.81. The van der Waals surface area contributed by atoms with Crippen LogP contribution in [0.25, 0.3) is 18.8 Å². The molecule has 0 unspecified atom stereocenters. The Hall–Kier alpha value is 0.240. The minimum Gasteiger partial charge on any atom is -0.143 e. The van der Waals surface area contributed by atoms with Crippen LogP contribution in [0, 0.1) is 35.4 Å². The molecule has 8 heteroatoms. The fourth-order valence-electron chi connectivity index (χ4n) is 2.34. The van der Waals surface area contributed by atoms with E-state index in [1.54, 1.807) is 0 Å². The van der Waals surface area contributed by atoms with Gasteiger partial charge in [0.25, 0.3) is 0 Å². The van der Waals surface area contributed by atoms with Crippen LogP contribution in [0.5, 0.6) is 0 Å². The second kappa shape index (κ2) is 7.23. The summed E-state index contributed by atoms with van der Waals surface area (Å²) in [5.41, 5.74) is 0. The Morgan fingerprint density at radius 2 is 0.739 bits per heavy atom. The molecule has 0 N–H and O–H groups in total. The topological polar surface area (TPSA) is 0 Å². The molecule has 0 radical (unpaired) electrons. The van der Waals surface area contributed by atoms with Crippen LogP contribution in [0.3, 0.4) is 0 Å². The first kappa shape index (κ1) is 18.0. The molecule has 23 heavy (non-hydrogen) atoms. The molecule has 4 rings (SSSR count). The van der Waals surface area contributed by atoms with Gasteiger partial charge in [0.05, 0.1) is 18.8 Å². The molecular formula is C15H12S8. The van der Waals surface area contributed by atoms with Crippen molar-refractivity contribution in [3.63, 3.8) is 0 Å². The quantitative estimate of drug-likeness (QED) is 0.247. The van der Waals surface area contributed by atoms with Crippen LogP contribution in [0.15, 0.2) is 0 Å². The maximum absolute atomic E-state index is 3.96. The van der Waals surface area contributed by atoms with Gasteiger partial charge in [-0.05, 0) is 52.1 Å². The first-order valence-electron chi connectivity index (χ1n) is 6.61. The molecule has 120 valence electrons. The lowest BCUT2D eigenvalue weighted by atomic mass is 10.4. The zero-order valence-corrected chi connectivity index (χ0v) is 19.3. The summed E-state index contributed by atoms with van der Waals surface area (Å²) in [6, 6.07) is 0. The highest BCUT2D eigenvalue weighted by Crippen LogP contribution is 2.43. The van der Waals surface area contributed by atoms with E-state index in [9.17, 15) is 0 Å². The van der Waals surface area contributed by atoms with Crippen LogP contribution in [0.4, 0.5) is 0 Å². The molecule has 0 atom stereocenters. The predicted molar refractivity (Wildman–Crippen MR) is 121 cm³/mol. The largest absolute Gasteiger partial charge is 0.143 e. The summed E-state index contributed by atoms with van der Waals surface area (Å²) in [5.74, 6) is 0. The Kier molecular flexibility index (Phi) is 5.68. The third-order valence-corrected chi connectivity index (χ3v) is 12.0. The van der Waals surface area contributed by atoms with E-state index in [2.05, 4.69) is 52.1 Å². The average Bonchev–Trinajstić information content (AvgIpc) is 2.93. The molecule has 0 aliphatic carbocycles. The maximum Gasteiger partial charge on any atom is 0.108 e. The van der Waals surface area contributed by atoms with Crippen LogP contribution in [-0.4, -0.2) is 4.31 Å². The molecule has 0 spiro atoms. The molecule has 0 fully saturated rings. The van der Waals surface area contributed by atoms with E-state index in [1.165, 1.54) is 46.0 Å². The monoisotopic (exact) mass is 448 g/mol. The van der Waals surface area contributed by atoms with E-state index in [-0.39, 0.29) is 0 Å². The fraction of sp³-hybridized carbons (Fsp3) is 0.267. The lowest BCUT2D eigenvalue weighted by molar-refractivity contribution is 1.71. The Balaban J connectivity index is 0.000000485. The van der Waals surface area contributed by atoms with E-state index >= 15 is 0 Å². The van der Waals surface area contributed by atoms with Gasteiger partial charge in [0, 0.05) is 23.8 Å². The number of thiocarbonyl (C=S) groups is 2. The smallest absolute Gasteiger partial charge is 0.108 e. The summed E-state index contributed by atoms with van der Waals surface area (Å²) in [4.78, 5) is 5.87. The third kappa shape index (κ3) is 3.34. The first-order chi connectivity index (χ1) is 11.0. The zero-order valence-electron chi connectivity index (χ0n) is 12.8. The molecule has 2 aliphatic heterocycles. The van der Waals surface area contributed by atoms with Crippen molar-refractivity contribution in [2.24, 2.45) is 0 Å². The Bertz CT molecular complexity index is 968. The van der Waals surface area contributed by atoms with Gasteiger partial charge in [0.15, 0.2) is 0 Å². The fourth-order valence-corrected chi connectivity index (χ4v) is 10.8. The van der Waals surface area contributed by atoms with Crippen LogP contribution in [0.1, 0.15) is 19.5 Å². The molecule has 2 aromatic heterocycles. The Morgan fingerprint density at radius 1 is 0.522 bits per heavy atom. The molecule has 4 heterocycles. The molecule has 0 amide bonds. The number of fused-ring (bicyclic) bond motifs is 2. The number of aryl methyl sites for hydroxylation is 4. The van der Waals surface area contributed by atoms with E-state index in [1.807, 2.05) is 72.3 Å². The van der Waals surface area contributed by atoms with Crippen molar-refractivity contribution in [1.82, 2.24) is 0 Å². The van der Waals surface area contributed by atoms with Crippen molar-refractivity contribution < 1.29 is 0 Å². The molecule has 0 aromatic carbocycles. The minimum absolute atomic E-state index is 1.47. The minimum atomic E-state index is 1.47. The van der Waals surface area contributed by atoms with Gasteiger partial charge in [-0.2, -0.15) is 0 Å². The van der Waals surface area contributed by atoms with Crippen molar-refractivity contribution in [3.05, 3.63) is 27.2 Å². The van der Waals surface area contributed by atoms with Crippen molar-refractivity contribution >= 4 is 116 Å². The van der Waals surface area contributed by atoms with E-state index in [0.717, 1.165) is 0 Å². The maximum atomic E-state index is 3.96. The number of hydrogen-bond acceptors (Lipinski definition) is 8. The second-order valence-corrected chi connectivity index (χ2v) is 12.9. The summed E-state index contributed by atoms with van der Waals surface area (Å²) in [6.07, 6.45) is 0. The SMILES string of the molecule is Cc1sc(C)c2sc3sc4c(C)sc(C)c4sc=3sc12.S=C=S. The van der Waals surface area contributed by atoms with Gasteiger partial charge in [-0.15, -0.1) is 68.0 Å². The Labute approximate surface area is 169 Å². The number of rotatable bonds is 0. The lowest BCUT2D eigenvalue weighted by Crippen LogP contribution is -1.68. The van der Waals surface area contributed by atoms with Crippen LogP contribution >= 0.6 is 92.5 Å². The Morgan fingerprint density at radius 3 is 0.957 bits per heavy atom. The lowest BCUT2D eigenvalue weighted by Gasteiger charge is -1.97.